The predicted octanol–water partition coefficient (Wildman–Crippen LogP) is 1.28. The predicted molar refractivity (Wildman–Crippen MR) is 45.4 cm³/mol. The first kappa shape index (κ1) is 13.5. The molecular formula is C7H11ClF3NO2. The standard InChI is InChI=1S/C7H10F3NO2.ClH/c1-6(7(8,9)10)3-11-2-4(6)5(12)13;/h4,11H,2-3H2,1H3,(H,12,13);1H. The first-order valence-corrected chi connectivity index (χ1v) is 3.79. The topological polar surface area (TPSA) is 49.3 Å². The normalized spacial score (nSPS) is 32.4. The van der Waals surface area contributed by atoms with E-state index in [1.807, 2.05) is 0 Å². The molecule has 1 aliphatic heterocycles. The summed E-state index contributed by atoms with van der Waals surface area (Å²) in [4.78, 5) is 10.5. The number of carboxylic acids is 1. The molecule has 0 amide bonds. The maximum Gasteiger partial charge on any atom is 0.396 e. The van der Waals surface area contributed by atoms with E-state index in [1.54, 1.807) is 0 Å². The quantitative estimate of drug-likeness (QED) is 0.717. The van der Waals surface area contributed by atoms with E-state index < -0.39 is 23.5 Å². The van der Waals surface area contributed by atoms with Gasteiger partial charge in [0.05, 0.1) is 11.3 Å². The third-order valence-electron chi connectivity index (χ3n) is 2.56. The Morgan fingerprint density at radius 3 is 2.36 bits per heavy atom. The molecule has 1 rings (SSSR count). The number of hydrogen-bond donors (Lipinski definition) is 2. The fourth-order valence-corrected chi connectivity index (χ4v) is 1.48. The molecule has 84 valence electrons. The number of hydrogen-bond acceptors (Lipinski definition) is 2. The molecule has 1 heterocycles. The Morgan fingerprint density at radius 1 is 1.57 bits per heavy atom. The summed E-state index contributed by atoms with van der Waals surface area (Å²) in [7, 11) is 0. The Balaban J connectivity index is 0.00000169. The summed E-state index contributed by atoms with van der Waals surface area (Å²) in [5, 5.41) is 11.0. The van der Waals surface area contributed by atoms with Crippen LogP contribution in [0.3, 0.4) is 0 Å². The van der Waals surface area contributed by atoms with Crippen molar-refractivity contribution in [1.82, 2.24) is 5.32 Å². The largest absolute Gasteiger partial charge is 0.481 e. The van der Waals surface area contributed by atoms with Gasteiger partial charge in [0.15, 0.2) is 0 Å². The zero-order valence-corrected chi connectivity index (χ0v) is 8.21. The van der Waals surface area contributed by atoms with Crippen molar-refractivity contribution in [3.05, 3.63) is 0 Å². The molecule has 1 fully saturated rings. The van der Waals surface area contributed by atoms with Crippen molar-refractivity contribution in [1.29, 1.82) is 0 Å². The number of rotatable bonds is 1. The van der Waals surface area contributed by atoms with Crippen LogP contribution in [-0.4, -0.2) is 30.3 Å². The highest BCUT2D eigenvalue weighted by Crippen LogP contribution is 2.45. The summed E-state index contributed by atoms with van der Waals surface area (Å²) in [5.74, 6) is -2.78. The van der Waals surface area contributed by atoms with E-state index in [0.717, 1.165) is 6.92 Å². The molecular weight excluding hydrogens is 223 g/mol. The van der Waals surface area contributed by atoms with Crippen LogP contribution in [-0.2, 0) is 4.79 Å². The molecule has 0 aromatic rings. The fourth-order valence-electron chi connectivity index (χ4n) is 1.48. The maximum absolute atomic E-state index is 12.5. The molecule has 0 radical (unpaired) electrons. The first-order chi connectivity index (χ1) is 5.79. The Bertz CT molecular complexity index is 233. The SMILES string of the molecule is CC1(C(F)(F)F)CNCC1C(=O)O.Cl. The van der Waals surface area contributed by atoms with Crippen LogP contribution in [0.2, 0.25) is 0 Å². The molecule has 3 nitrogen and oxygen atoms in total. The number of carboxylic acid groups (broad SMARTS) is 1. The second-order valence-corrected chi connectivity index (χ2v) is 3.44. The van der Waals surface area contributed by atoms with E-state index in [1.165, 1.54) is 0 Å². The fraction of sp³-hybridized carbons (Fsp3) is 0.857. The van der Waals surface area contributed by atoms with E-state index >= 15 is 0 Å². The van der Waals surface area contributed by atoms with Gasteiger partial charge in [-0.25, -0.2) is 0 Å². The summed E-state index contributed by atoms with van der Waals surface area (Å²) < 4.78 is 37.4. The van der Waals surface area contributed by atoms with Gasteiger partial charge in [-0.2, -0.15) is 13.2 Å². The van der Waals surface area contributed by atoms with Gasteiger partial charge in [-0.15, -0.1) is 12.4 Å². The molecule has 14 heavy (non-hydrogen) atoms. The van der Waals surface area contributed by atoms with Gasteiger partial charge in [-0.3, -0.25) is 4.79 Å². The smallest absolute Gasteiger partial charge is 0.396 e. The zero-order chi connectivity index (χ0) is 10.3. The Morgan fingerprint density at radius 2 is 2.07 bits per heavy atom. The van der Waals surface area contributed by atoms with Crippen molar-refractivity contribution in [2.75, 3.05) is 13.1 Å². The monoisotopic (exact) mass is 233 g/mol. The third kappa shape index (κ3) is 1.95. The molecule has 2 N–H and O–H groups in total. The van der Waals surface area contributed by atoms with E-state index in [-0.39, 0.29) is 25.5 Å². The van der Waals surface area contributed by atoms with Crippen LogP contribution in [0.15, 0.2) is 0 Å². The molecule has 0 bridgehead atoms. The van der Waals surface area contributed by atoms with Crippen molar-refractivity contribution in [2.24, 2.45) is 11.3 Å². The molecule has 7 heteroatoms. The third-order valence-corrected chi connectivity index (χ3v) is 2.56. The molecule has 0 spiro atoms. The summed E-state index contributed by atoms with van der Waals surface area (Å²) in [6.07, 6.45) is -4.47. The van der Waals surface area contributed by atoms with Gasteiger partial charge in [0, 0.05) is 13.1 Å². The van der Waals surface area contributed by atoms with Crippen molar-refractivity contribution in [3.8, 4) is 0 Å². The van der Waals surface area contributed by atoms with E-state index in [4.69, 9.17) is 5.11 Å². The molecule has 2 atom stereocenters. The number of alkyl halides is 3. The van der Waals surface area contributed by atoms with Gasteiger partial charge < -0.3 is 10.4 Å². The Kier molecular flexibility index (Phi) is 3.80. The van der Waals surface area contributed by atoms with Crippen molar-refractivity contribution < 1.29 is 23.1 Å². The lowest BCUT2D eigenvalue weighted by atomic mass is 9.79. The van der Waals surface area contributed by atoms with Crippen molar-refractivity contribution in [2.45, 2.75) is 13.1 Å². The molecule has 0 aliphatic carbocycles. The number of aliphatic carboxylic acids is 1. The summed E-state index contributed by atoms with van der Waals surface area (Å²) in [5.41, 5.74) is -2.14. The molecule has 1 aliphatic rings. The first-order valence-electron chi connectivity index (χ1n) is 3.79. The molecule has 1 saturated heterocycles. The minimum absolute atomic E-state index is 0. The summed E-state index contributed by atoms with van der Waals surface area (Å²) in [6, 6.07) is 0. The molecule has 0 aromatic heterocycles. The second kappa shape index (κ2) is 3.94. The Labute approximate surface area is 85.1 Å². The summed E-state index contributed by atoms with van der Waals surface area (Å²) in [6.45, 7) is 0.491. The zero-order valence-electron chi connectivity index (χ0n) is 7.39. The van der Waals surface area contributed by atoms with Crippen LogP contribution >= 0.6 is 12.4 Å². The highest BCUT2D eigenvalue weighted by molar-refractivity contribution is 5.85. The van der Waals surface area contributed by atoms with Gasteiger partial charge in [0.1, 0.15) is 0 Å². The van der Waals surface area contributed by atoms with Crippen LogP contribution in [0, 0.1) is 11.3 Å². The highest BCUT2D eigenvalue weighted by atomic mass is 35.5. The lowest BCUT2D eigenvalue weighted by molar-refractivity contribution is -0.227. The van der Waals surface area contributed by atoms with Gasteiger partial charge in [0.25, 0.3) is 0 Å². The minimum atomic E-state index is -4.47. The van der Waals surface area contributed by atoms with Crippen molar-refractivity contribution in [3.63, 3.8) is 0 Å². The highest BCUT2D eigenvalue weighted by Gasteiger charge is 2.60. The van der Waals surface area contributed by atoms with Gasteiger partial charge in [-0.05, 0) is 6.92 Å². The van der Waals surface area contributed by atoms with Gasteiger partial charge in [0.2, 0.25) is 0 Å². The van der Waals surface area contributed by atoms with Crippen LogP contribution in [0.5, 0.6) is 0 Å². The second-order valence-electron chi connectivity index (χ2n) is 3.44. The molecule has 0 saturated carbocycles. The lowest BCUT2D eigenvalue weighted by Gasteiger charge is -2.30. The lowest BCUT2D eigenvalue weighted by Crippen LogP contribution is -2.44. The van der Waals surface area contributed by atoms with Crippen LogP contribution in [0.4, 0.5) is 13.2 Å². The van der Waals surface area contributed by atoms with Gasteiger partial charge >= 0.3 is 12.1 Å². The summed E-state index contributed by atoms with van der Waals surface area (Å²) >= 11 is 0. The molecule has 2 unspecified atom stereocenters. The number of carbonyl (C=O) groups is 1. The maximum atomic E-state index is 12.5. The van der Waals surface area contributed by atoms with E-state index in [9.17, 15) is 18.0 Å². The number of nitrogens with one attached hydrogen (secondary N) is 1. The van der Waals surface area contributed by atoms with E-state index in [2.05, 4.69) is 5.32 Å². The molecule has 0 aromatic carbocycles. The van der Waals surface area contributed by atoms with Crippen LogP contribution < -0.4 is 5.32 Å². The van der Waals surface area contributed by atoms with Crippen molar-refractivity contribution >= 4 is 18.4 Å². The average molecular weight is 234 g/mol. The van der Waals surface area contributed by atoms with Crippen LogP contribution in [0.1, 0.15) is 6.92 Å². The Hall–Kier alpha value is -0.490. The van der Waals surface area contributed by atoms with Crippen LogP contribution in [0.25, 0.3) is 0 Å². The average Bonchev–Trinajstić information content (AvgIpc) is 2.30. The van der Waals surface area contributed by atoms with E-state index in [0.29, 0.717) is 0 Å². The van der Waals surface area contributed by atoms with Gasteiger partial charge in [-0.1, -0.05) is 0 Å². The number of halogens is 4. The minimum Gasteiger partial charge on any atom is -0.481 e.